The number of hydrogen-bond donors (Lipinski definition) is 3. The molecule has 1 heterocycles. The van der Waals surface area contributed by atoms with Gasteiger partial charge in [-0.15, -0.1) is 10.2 Å². The number of aryl methyl sites for hydroxylation is 1. The van der Waals surface area contributed by atoms with Gasteiger partial charge in [0.05, 0.1) is 0 Å². The molecule has 3 aromatic carbocycles. The van der Waals surface area contributed by atoms with E-state index in [0.717, 1.165) is 28.9 Å². The van der Waals surface area contributed by atoms with Crippen LogP contribution in [0.4, 0.5) is 20.0 Å². The van der Waals surface area contributed by atoms with Crippen molar-refractivity contribution >= 4 is 34.1 Å². The maximum atomic E-state index is 13.2. The van der Waals surface area contributed by atoms with Crippen LogP contribution in [0, 0.1) is 5.82 Å². The highest BCUT2D eigenvalue weighted by Crippen LogP contribution is 2.26. The van der Waals surface area contributed by atoms with Gasteiger partial charge in [-0.2, -0.15) is 0 Å². The van der Waals surface area contributed by atoms with Crippen molar-refractivity contribution < 1.29 is 14.0 Å². The van der Waals surface area contributed by atoms with E-state index in [1.807, 2.05) is 55.5 Å². The Bertz CT molecular complexity index is 1290. The summed E-state index contributed by atoms with van der Waals surface area (Å²) in [6.07, 6.45) is 1.14. The third-order valence-corrected chi connectivity index (χ3v) is 6.13. The van der Waals surface area contributed by atoms with Gasteiger partial charge in [-0.05, 0) is 53.9 Å². The number of carbonyl (C=O) groups excluding carboxylic acids is 2. The maximum absolute atomic E-state index is 13.2. The predicted octanol–water partition coefficient (Wildman–Crippen LogP) is 5.28. The second-order valence-corrected chi connectivity index (χ2v) is 8.78. The topological polar surface area (TPSA) is 96.0 Å². The number of urea groups is 1. The highest BCUT2D eigenvalue weighted by molar-refractivity contribution is 7.18. The van der Waals surface area contributed by atoms with Gasteiger partial charge in [0.25, 0.3) is 0 Å². The summed E-state index contributed by atoms with van der Waals surface area (Å²) < 4.78 is 13.2. The van der Waals surface area contributed by atoms with E-state index in [0.29, 0.717) is 22.7 Å². The summed E-state index contributed by atoms with van der Waals surface area (Å²) in [6.45, 7) is 2.04. The molecule has 0 fully saturated rings. The van der Waals surface area contributed by atoms with E-state index in [2.05, 4.69) is 26.1 Å². The van der Waals surface area contributed by atoms with Crippen LogP contribution in [0.1, 0.15) is 18.1 Å². The molecule has 4 rings (SSSR count). The highest BCUT2D eigenvalue weighted by Gasteiger charge is 2.23. The van der Waals surface area contributed by atoms with Crippen LogP contribution in [0.3, 0.4) is 0 Å². The van der Waals surface area contributed by atoms with Crippen LogP contribution in [0.15, 0.2) is 78.9 Å². The predicted molar refractivity (Wildman–Crippen MR) is 136 cm³/mol. The largest absolute Gasteiger partial charge is 0.326 e. The molecule has 35 heavy (non-hydrogen) atoms. The highest BCUT2D eigenvalue weighted by atomic mass is 32.1. The lowest BCUT2D eigenvalue weighted by Crippen LogP contribution is -2.46. The maximum Gasteiger partial charge on any atom is 0.319 e. The third kappa shape index (κ3) is 6.70. The number of amides is 3. The lowest BCUT2D eigenvalue weighted by molar-refractivity contribution is -0.117. The minimum Gasteiger partial charge on any atom is -0.326 e. The molecule has 0 aliphatic rings. The van der Waals surface area contributed by atoms with Crippen molar-refractivity contribution in [3.8, 4) is 10.6 Å². The van der Waals surface area contributed by atoms with Crippen LogP contribution in [0.5, 0.6) is 0 Å². The number of benzene rings is 3. The number of nitrogens with one attached hydrogen (secondary N) is 3. The number of carbonyl (C=O) groups is 2. The number of anilines is 2. The van der Waals surface area contributed by atoms with E-state index in [4.69, 9.17) is 0 Å². The Labute approximate surface area is 206 Å². The van der Waals surface area contributed by atoms with E-state index < -0.39 is 18.0 Å². The standard InChI is InChI=1S/C26H24FN5O2S/c1-2-17-9-6-10-21(15-17)28-25(34)29-22(16-18-7-4-3-5-8-18)23(33)30-26-32-31-24(35-26)19-11-13-20(27)14-12-19/h3-15,22H,2,16H2,1H3,(H2,28,29,34)(H,30,32,33). The molecule has 1 unspecified atom stereocenters. The van der Waals surface area contributed by atoms with Crippen LogP contribution in [-0.2, 0) is 17.6 Å². The molecular weight excluding hydrogens is 465 g/mol. The van der Waals surface area contributed by atoms with Crippen molar-refractivity contribution in [2.75, 3.05) is 10.6 Å². The first-order valence-electron chi connectivity index (χ1n) is 11.1. The van der Waals surface area contributed by atoms with Gasteiger partial charge < -0.3 is 10.6 Å². The molecule has 0 saturated carbocycles. The van der Waals surface area contributed by atoms with Crippen molar-refractivity contribution in [3.05, 3.63) is 95.8 Å². The molecule has 3 amide bonds. The van der Waals surface area contributed by atoms with Crippen LogP contribution in [-0.4, -0.2) is 28.2 Å². The van der Waals surface area contributed by atoms with E-state index in [1.165, 1.54) is 12.1 Å². The zero-order chi connectivity index (χ0) is 24.6. The number of aromatic nitrogens is 2. The molecule has 0 spiro atoms. The van der Waals surface area contributed by atoms with Crippen molar-refractivity contribution in [2.45, 2.75) is 25.8 Å². The van der Waals surface area contributed by atoms with Gasteiger partial charge in [0.15, 0.2) is 0 Å². The Hall–Kier alpha value is -4.11. The molecule has 0 saturated heterocycles. The average molecular weight is 490 g/mol. The van der Waals surface area contributed by atoms with Gasteiger partial charge in [-0.25, -0.2) is 9.18 Å². The Morgan fingerprint density at radius 3 is 2.40 bits per heavy atom. The summed E-state index contributed by atoms with van der Waals surface area (Å²) in [5, 5.41) is 17.2. The van der Waals surface area contributed by atoms with E-state index in [-0.39, 0.29) is 10.9 Å². The van der Waals surface area contributed by atoms with Crippen LogP contribution < -0.4 is 16.0 Å². The summed E-state index contributed by atoms with van der Waals surface area (Å²) >= 11 is 1.16. The molecule has 7 nitrogen and oxygen atoms in total. The zero-order valence-electron chi connectivity index (χ0n) is 19.0. The van der Waals surface area contributed by atoms with Crippen molar-refractivity contribution in [1.29, 1.82) is 0 Å². The second kappa shape index (κ2) is 11.3. The lowest BCUT2D eigenvalue weighted by atomic mass is 10.1. The summed E-state index contributed by atoms with van der Waals surface area (Å²) in [7, 11) is 0. The number of nitrogens with zero attached hydrogens (tertiary/aromatic N) is 2. The molecule has 4 aromatic rings. The Balaban J connectivity index is 1.47. The van der Waals surface area contributed by atoms with Crippen molar-refractivity contribution in [1.82, 2.24) is 15.5 Å². The summed E-state index contributed by atoms with van der Waals surface area (Å²) in [6, 6.07) is 21.5. The van der Waals surface area contributed by atoms with E-state index in [9.17, 15) is 14.0 Å². The Morgan fingerprint density at radius 1 is 0.914 bits per heavy atom. The Kier molecular flexibility index (Phi) is 7.79. The SMILES string of the molecule is CCc1cccc(NC(=O)NC(Cc2ccccc2)C(=O)Nc2nnc(-c3ccc(F)cc3)s2)c1. The summed E-state index contributed by atoms with van der Waals surface area (Å²) in [4.78, 5) is 25.9. The molecule has 0 aliphatic carbocycles. The normalized spacial score (nSPS) is 11.5. The van der Waals surface area contributed by atoms with Crippen molar-refractivity contribution in [3.63, 3.8) is 0 Å². The molecule has 9 heteroatoms. The summed E-state index contributed by atoms with van der Waals surface area (Å²) in [5.41, 5.74) is 3.32. The van der Waals surface area contributed by atoms with Gasteiger partial charge >= 0.3 is 6.03 Å². The lowest BCUT2D eigenvalue weighted by Gasteiger charge is -2.18. The molecule has 0 aliphatic heterocycles. The van der Waals surface area contributed by atoms with Crippen LogP contribution in [0.25, 0.3) is 10.6 Å². The van der Waals surface area contributed by atoms with Gasteiger partial charge in [-0.1, -0.05) is 60.7 Å². The van der Waals surface area contributed by atoms with Gasteiger partial charge in [-0.3, -0.25) is 10.1 Å². The van der Waals surface area contributed by atoms with Gasteiger partial charge in [0, 0.05) is 17.7 Å². The molecule has 0 bridgehead atoms. The summed E-state index contributed by atoms with van der Waals surface area (Å²) in [5.74, 6) is -0.769. The van der Waals surface area contributed by atoms with Gasteiger partial charge in [0.2, 0.25) is 11.0 Å². The third-order valence-electron chi connectivity index (χ3n) is 5.24. The van der Waals surface area contributed by atoms with E-state index >= 15 is 0 Å². The van der Waals surface area contributed by atoms with Gasteiger partial charge in [0.1, 0.15) is 16.9 Å². The number of halogens is 1. The quantitative estimate of drug-likeness (QED) is 0.314. The zero-order valence-corrected chi connectivity index (χ0v) is 19.8. The smallest absolute Gasteiger partial charge is 0.319 e. The number of rotatable bonds is 8. The monoisotopic (exact) mass is 489 g/mol. The fourth-order valence-corrected chi connectivity index (χ4v) is 4.18. The van der Waals surface area contributed by atoms with E-state index in [1.54, 1.807) is 18.2 Å². The molecule has 1 atom stereocenters. The second-order valence-electron chi connectivity index (χ2n) is 7.80. The minimum atomic E-state index is -0.857. The van der Waals surface area contributed by atoms with Crippen LogP contribution in [0.2, 0.25) is 0 Å². The first-order valence-corrected chi connectivity index (χ1v) is 11.9. The molecule has 1 aromatic heterocycles. The Morgan fingerprint density at radius 2 is 1.66 bits per heavy atom. The molecule has 178 valence electrons. The minimum absolute atomic E-state index is 0.283. The first kappa shape index (κ1) is 24.0. The molecular formula is C26H24FN5O2S. The van der Waals surface area contributed by atoms with Crippen molar-refractivity contribution in [2.24, 2.45) is 0 Å². The first-order chi connectivity index (χ1) is 17.0. The fraction of sp³-hybridized carbons (Fsp3) is 0.154. The molecule has 3 N–H and O–H groups in total. The fourth-order valence-electron chi connectivity index (χ4n) is 3.43. The van der Waals surface area contributed by atoms with Crippen LogP contribution >= 0.6 is 11.3 Å². The molecule has 0 radical (unpaired) electrons. The number of hydrogen-bond acceptors (Lipinski definition) is 5. The average Bonchev–Trinajstić information content (AvgIpc) is 3.33.